The van der Waals surface area contributed by atoms with Gasteiger partial charge in [0.15, 0.2) is 0 Å². The van der Waals surface area contributed by atoms with Crippen LogP contribution in [0, 0.1) is 0 Å². The molecule has 0 saturated carbocycles. The molecule has 3 nitrogen and oxygen atoms in total. The maximum Gasteiger partial charge on any atom is 0.248 e. The molecular weight excluding hydrogens is 140 g/mol. The van der Waals surface area contributed by atoms with Crippen molar-refractivity contribution in [1.82, 2.24) is 0 Å². The molecule has 0 aliphatic rings. The first-order chi connectivity index (χ1) is 5.11. The summed E-state index contributed by atoms with van der Waals surface area (Å²) in [6, 6.07) is 0. The summed E-state index contributed by atoms with van der Waals surface area (Å²) in [6.07, 6.45) is 4.53. The first-order valence-electron chi connectivity index (χ1n) is 3.17. The van der Waals surface area contributed by atoms with E-state index in [0.29, 0.717) is 11.3 Å². The van der Waals surface area contributed by atoms with Crippen LogP contribution in [0.4, 0.5) is 0 Å². The zero-order chi connectivity index (χ0) is 8.85. The highest BCUT2D eigenvalue weighted by atomic mass is 16.1. The summed E-state index contributed by atoms with van der Waals surface area (Å²) in [5.74, 6) is -0.489. The maximum absolute atomic E-state index is 10.6. The molecule has 0 heterocycles. The minimum atomic E-state index is -0.489. The van der Waals surface area contributed by atoms with E-state index in [2.05, 4.69) is 6.58 Å². The van der Waals surface area contributed by atoms with E-state index in [1.165, 1.54) is 12.2 Å². The van der Waals surface area contributed by atoms with Crippen molar-refractivity contribution in [2.45, 2.75) is 6.92 Å². The van der Waals surface area contributed by atoms with Gasteiger partial charge in [-0.05, 0) is 19.1 Å². The van der Waals surface area contributed by atoms with Crippen molar-refractivity contribution in [3.8, 4) is 0 Å². The molecule has 0 aromatic carbocycles. The molecule has 0 saturated heterocycles. The average molecular weight is 152 g/mol. The summed E-state index contributed by atoms with van der Waals surface area (Å²) in [4.78, 5) is 10.6. The first kappa shape index (κ1) is 9.49. The Kier molecular flexibility index (Phi) is 3.73. The molecule has 0 aromatic rings. The number of carbonyl (C=O) groups is 1. The number of hydrogen-bond donors (Lipinski definition) is 2. The van der Waals surface area contributed by atoms with Gasteiger partial charge in [0.05, 0.1) is 0 Å². The lowest BCUT2D eigenvalue weighted by Gasteiger charge is -1.94. The summed E-state index contributed by atoms with van der Waals surface area (Å²) in [7, 11) is 0. The third kappa shape index (κ3) is 3.25. The molecule has 1 amide bonds. The number of primary amides is 1. The number of carbonyl (C=O) groups excluding carboxylic acids is 1. The predicted octanol–water partition coefficient (Wildman–Crippen LogP) is 0.447. The van der Waals surface area contributed by atoms with Gasteiger partial charge < -0.3 is 11.5 Å². The Hall–Kier alpha value is -1.51. The van der Waals surface area contributed by atoms with E-state index in [0.717, 1.165) is 0 Å². The quantitative estimate of drug-likeness (QED) is 0.455. The Labute approximate surface area is 66.1 Å². The minimum Gasteiger partial charge on any atom is -0.399 e. The van der Waals surface area contributed by atoms with Crippen molar-refractivity contribution < 1.29 is 4.79 Å². The summed E-state index contributed by atoms with van der Waals surface area (Å²) in [5.41, 5.74) is 11.2. The molecule has 11 heavy (non-hydrogen) atoms. The fraction of sp³-hybridized carbons (Fsp3) is 0.125. The molecule has 0 bridgehead atoms. The number of allylic oxidation sites excluding steroid dienone is 2. The number of nitrogens with two attached hydrogens (primary N) is 2. The van der Waals surface area contributed by atoms with E-state index in [1.54, 1.807) is 13.0 Å². The second kappa shape index (κ2) is 4.33. The Morgan fingerprint density at radius 1 is 1.45 bits per heavy atom. The van der Waals surface area contributed by atoms with Crippen LogP contribution in [0.1, 0.15) is 6.92 Å². The smallest absolute Gasteiger partial charge is 0.248 e. The van der Waals surface area contributed by atoms with E-state index in [-0.39, 0.29) is 0 Å². The molecule has 0 aliphatic carbocycles. The highest BCUT2D eigenvalue weighted by molar-refractivity contribution is 5.94. The molecular formula is C8H12N2O. The van der Waals surface area contributed by atoms with Crippen molar-refractivity contribution in [3.05, 3.63) is 36.1 Å². The third-order valence-corrected chi connectivity index (χ3v) is 1.15. The molecule has 0 aliphatic heterocycles. The van der Waals surface area contributed by atoms with Crippen LogP contribution in [0.25, 0.3) is 0 Å². The van der Waals surface area contributed by atoms with Crippen molar-refractivity contribution in [2.75, 3.05) is 0 Å². The summed E-state index contributed by atoms with van der Waals surface area (Å²) in [5, 5.41) is 0. The summed E-state index contributed by atoms with van der Waals surface area (Å²) in [6.45, 7) is 5.15. The van der Waals surface area contributed by atoms with Gasteiger partial charge >= 0.3 is 0 Å². The van der Waals surface area contributed by atoms with Crippen LogP contribution < -0.4 is 11.5 Å². The molecule has 0 radical (unpaired) electrons. The SMILES string of the molecule is C=C/C(N)=C\C(=C/C)C(N)=O. The molecule has 0 rings (SSSR count). The Bertz CT molecular complexity index is 226. The van der Waals surface area contributed by atoms with Crippen LogP contribution in [0.5, 0.6) is 0 Å². The zero-order valence-corrected chi connectivity index (χ0v) is 6.50. The molecule has 0 aromatic heterocycles. The van der Waals surface area contributed by atoms with Crippen molar-refractivity contribution in [3.63, 3.8) is 0 Å². The molecule has 0 unspecified atom stereocenters. The van der Waals surface area contributed by atoms with Crippen LogP contribution in [0.3, 0.4) is 0 Å². The minimum absolute atomic E-state index is 0.391. The fourth-order valence-corrected chi connectivity index (χ4v) is 0.535. The fourth-order valence-electron chi connectivity index (χ4n) is 0.535. The van der Waals surface area contributed by atoms with Gasteiger partial charge in [-0.15, -0.1) is 0 Å². The Balaban J connectivity index is 4.57. The summed E-state index contributed by atoms with van der Waals surface area (Å²) < 4.78 is 0. The lowest BCUT2D eigenvalue weighted by atomic mass is 10.2. The normalized spacial score (nSPS) is 12.8. The largest absolute Gasteiger partial charge is 0.399 e. The molecule has 0 atom stereocenters. The monoisotopic (exact) mass is 152 g/mol. The van der Waals surface area contributed by atoms with Gasteiger partial charge in [0.1, 0.15) is 0 Å². The number of hydrogen-bond acceptors (Lipinski definition) is 2. The lowest BCUT2D eigenvalue weighted by molar-refractivity contribution is -0.114. The van der Waals surface area contributed by atoms with Gasteiger partial charge in [-0.25, -0.2) is 0 Å². The van der Waals surface area contributed by atoms with E-state index >= 15 is 0 Å². The van der Waals surface area contributed by atoms with Crippen LogP contribution in [-0.2, 0) is 4.79 Å². The average Bonchev–Trinajstić information content (AvgIpc) is 1.99. The van der Waals surface area contributed by atoms with E-state index in [9.17, 15) is 4.79 Å². The summed E-state index contributed by atoms with van der Waals surface area (Å²) >= 11 is 0. The second-order valence-corrected chi connectivity index (χ2v) is 1.96. The highest BCUT2D eigenvalue weighted by Crippen LogP contribution is 1.98. The first-order valence-corrected chi connectivity index (χ1v) is 3.17. The third-order valence-electron chi connectivity index (χ3n) is 1.15. The highest BCUT2D eigenvalue weighted by Gasteiger charge is 1.98. The van der Waals surface area contributed by atoms with Gasteiger partial charge in [0.25, 0.3) is 0 Å². The predicted molar refractivity (Wildman–Crippen MR) is 45.4 cm³/mol. The van der Waals surface area contributed by atoms with Crippen molar-refractivity contribution >= 4 is 5.91 Å². The van der Waals surface area contributed by atoms with Gasteiger partial charge in [-0.3, -0.25) is 4.79 Å². The van der Waals surface area contributed by atoms with Gasteiger partial charge in [-0.1, -0.05) is 12.7 Å². The topological polar surface area (TPSA) is 69.1 Å². The van der Waals surface area contributed by atoms with Crippen LogP contribution >= 0.6 is 0 Å². The molecule has 4 N–H and O–H groups in total. The molecule has 60 valence electrons. The standard InChI is InChI=1S/C8H12N2O/c1-3-6(8(10)11)5-7(9)4-2/h3-5H,2,9H2,1H3,(H2,10,11)/b6-3+,7-5+. The Morgan fingerprint density at radius 3 is 2.27 bits per heavy atom. The van der Waals surface area contributed by atoms with E-state index in [4.69, 9.17) is 11.5 Å². The van der Waals surface area contributed by atoms with Gasteiger partial charge in [0.2, 0.25) is 5.91 Å². The van der Waals surface area contributed by atoms with Crippen LogP contribution in [0.2, 0.25) is 0 Å². The van der Waals surface area contributed by atoms with Crippen molar-refractivity contribution in [2.24, 2.45) is 11.5 Å². The maximum atomic E-state index is 10.6. The van der Waals surface area contributed by atoms with Crippen LogP contribution in [0.15, 0.2) is 36.1 Å². The van der Waals surface area contributed by atoms with Crippen molar-refractivity contribution in [1.29, 1.82) is 0 Å². The Morgan fingerprint density at radius 2 is 2.00 bits per heavy atom. The van der Waals surface area contributed by atoms with E-state index in [1.807, 2.05) is 0 Å². The van der Waals surface area contributed by atoms with Gasteiger partial charge in [-0.2, -0.15) is 0 Å². The number of amides is 1. The second-order valence-electron chi connectivity index (χ2n) is 1.96. The molecule has 0 fully saturated rings. The van der Waals surface area contributed by atoms with Gasteiger partial charge in [0, 0.05) is 11.3 Å². The van der Waals surface area contributed by atoms with Crippen LogP contribution in [-0.4, -0.2) is 5.91 Å². The lowest BCUT2D eigenvalue weighted by Crippen LogP contribution is -2.13. The molecule has 3 heteroatoms. The molecule has 0 spiro atoms. The number of rotatable bonds is 3. The zero-order valence-electron chi connectivity index (χ0n) is 6.50. The van der Waals surface area contributed by atoms with E-state index < -0.39 is 5.91 Å².